The van der Waals surface area contributed by atoms with Gasteiger partial charge >= 0.3 is 0 Å². The second kappa shape index (κ2) is 10.8. The summed E-state index contributed by atoms with van der Waals surface area (Å²) in [6.07, 6.45) is 6.01. The van der Waals surface area contributed by atoms with Gasteiger partial charge in [-0.1, -0.05) is 12.1 Å². The van der Waals surface area contributed by atoms with Gasteiger partial charge in [-0.05, 0) is 75.4 Å². The van der Waals surface area contributed by atoms with Crippen LogP contribution in [0, 0.1) is 12.3 Å². The third kappa shape index (κ3) is 5.62. The van der Waals surface area contributed by atoms with E-state index in [0.717, 1.165) is 53.8 Å². The number of nitrogens with zero attached hydrogens (tertiary/aromatic N) is 1. The fourth-order valence-electron chi connectivity index (χ4n) is 4.07. The first-order valence-corrected chi connectivity index (χ1v) is 9.54. The number of halogens is 2. The molecule has 160 valence electrons. The number of aryl methyl sites for hydroxylation is 1. The van der Waals surface area contributed by atoms with Crippen molar-refractivity contribution in [1.29, 1.82) is 0 Å². The third-order valence-corrected chi connectivity index (χ3v) is 5.93. The van der Waals surface area contributed by atoms with Crippen molar-refractivity contribution in [3.8, 4) is 16.9 Å². The highest BCUT2D eigenvalue weighted by molar-refractivity contribution is 5.85. The topological polar surface area (TPSA) is 77.2 Å². The van der Waals surface area contributed by atoms with Crippen LogP contribution in [0.15, 0.2) is 36.5 Å². The summed E-state index contributed by atoms with van der Waals surface area (Å²) in [5.74, 6) is 0.594. The second-order valence-electron chi connectivity index (χ2n) is 7.60. The molecule has 1 aromatic carbocycles. The van der Waals surface area contributed by atoms with E-state index < -0.39 is 5.41 Å². The first kappa shape index (κ1) is 25.2. The number of benzene rings is 1. The lowest BCUT2D eigenvalue weighted by atomic mass is 9.68. The van der Waals surface area contributed by atoms with Crippen LogP contribution >= 0.6 is 24.8 Å². The molecule has 5 nitrogen and oxygen atoms in total. The minimum atomic E-state index is -0.509. The van der Waals surface area contributed by atoms with Gasteiger partial charge in [-0.3, -0.25) is 9.78 Å². The number of nitrogens with one attached hydrogen (secondary N) is 1. The summed E-state index contributed by atoms with van der Waals surface area (Å²) in [7, 11) is 3.64. The maximum absolute atomic E-state index is 12.4. The molecule has 1 aliphatic rings. The fraction of sp³-hybridized carbons (Fsp3) is 0.455. The molecule has 1 aromatic heterocycles. The van der Waals surface area contributed by atoms with Crippen LogP contribution in [0.3, 0.4) is 0 Å². The van der Waals surface area contributed by atoms with Crippen LogP contribution in [-0.2, 0) is 11.2 Å². The standard InChI is InChI=1S/C22H29N3O2.2ClH/c1-15-4-5-17(14-25-15)16-6-7-20(27-3)18(12-16)13-22(21(23)26)10-8-19(24-2)9-11-22;;/h4-7,12,14,19,24H,8-11,13H2,1-3H3,(H2,23,26);2*1H. The number of rotatable bonds is 6. The van der Waals surface area contributed by atoms with Gasteiger partial charge in [-0.25, -0.2) is 0 Å². The van der Waals surface area contributed by atoms with Crippen LogP contribution in [-0.4, -0.2) is 31.1 Å². The van der Waals surface area contributed by atoms with E-state index in [1.54, 1.807) is 7.11 Å². The van der Waals surface area contributed by atoms with Crippen LogP contribution < -0.4 is 15.8 Å². The van der Waals surface area contributed by atoms with Gasteiger partial charge in [0.1, 0.15) is 5.75 Å². The van der Waals surface area contributed by atoms with E-state index in [1.807, 2.05) is 38.4 Å². The number of hydrogen-bond donors (Lipinski definition) is 2. The summed E-state index contributed by atoms with van der Waals surface area (Å²) >= 11 is 0. The summed E-state index contributed by atoms with van der Waals surface area (Å²) in [4.78, 5) is 16.8. The number of hydrogen-bond acceptors (Lipinski definition) is 4. The van der Waals surface area contributed by atoms with Gasteiger partial charge in [0.05, 0.1) is 12.5 Å². The summed E-state index contributed by atoms with van der Waals surface area (Å²) in [5.41, 5.74) is 9.51. The number of pyridine rings is 1. The minimum Gasteiger partial charge on any atom is -0.496 e. The number of carbonyl (C=O) groups excluding carboxylic acids is 1. The van der Waals surface area contributed by atoms with E-state index >= 15 is 0 Å². The molecule has 2 aromatic rings. The molecule has 0 radical (unpaired) electrons. The van der Waals surface area contributed by atoms with E-state index in [9.17, 15) is 4.79 Å². The number of ether oxygens (including phenoxy) is 1. The van der Waals surface area contributed by atoms with Gasteiger partial charge in [0, 0.05) is 23.5 Å². The maximum atomic E-state index is 12.4. The van der Waals surface area contributed by atoms with Crippen molar-refractivity contribution in [2.24, 2.45) is 11.1 Å². The average Bonchev–Trinajstić information content (AvgIpc) is 2.69. The molecule has 0 saturated heterocycles. The number of primary amides is 1. The molecule has 3 N–H and O–H groups in total. The molecular formula is C22H31Cl2N3O2. The molecule has 0 atom stereocenters. The zero-order valence-corrected chi connectivity index (χ0v) is 18.9. The normalized spacial score (nSPS) is 20.9. The van der Waals surface area contributed by atoms with E-state index in [0.29, 0.717) is 12.5 Å². The lowest BCUT2D eigenvalue weighted by Crippen LogP contribution is -2.45. The smallest absolute Gasteiger partial charge is 0.223 e. The monoisotopic (exact) mass is 439 g/mol. The first-order valence-electron chi connectivity index (χ1n) is 9.54. The number of amides is 1. The predicted molar refractivity (Wildman–Crippen MR) is 122 cm³/mol. The van der Waals surface area contributed by atoms with Gasteiger partial charge in [-0.2, -0.15) is 0 Å². The molecule has 0 unspecified atom stereocenters. The van der Waals surface area contributed by atoms with Gasteiger partial charge in [0.25, 0.3) is 0 Å². The lowest BCUT2D eigenvalue weighted by Gasteiger charge is -2.38. The van der Waals surface area contributed by atoms with Crippen LogP contribution in [0.2, 0.25) is 0 Å². The minimum absolute atomic E-state index is 0. The Morgan fingerprint density at radius 3 is 2.38 bits per heavy atom. The van der Waals surface area contributed by atoms with Crippen molar-refractivity contribution in [3.63, 3.8) is 0 Å². The van der Waals surface area contributed by atoms with Crippen LogP contribution in [0.25, 0.3) is 11.1 Å². The van der Waals surface area contributed by atoms with E-state index in [4.69, 9.17) is 10.5 Å². The Labute approximate surface area is 185 Å². The summed E-state index contributed by atoms with van der Waals surface area (Å²) < 4.78 is 5.58. The predicted octanol–water partition coefficient (Wildman–Crippen LogP) is 4.09. The van der Waals surface area contributed by atoms with Crippen molar-refractivity contribution in [2.45, 2.75) is 45.1 Å². The van der Waals surface area contributed by atoms with Gasteiger partial charge in [0.15, 0.2) is 0 Å². The van der Waals surface area contributed by atoms with E-state index in [2.05, 4.69) is 22.4 Å². The SMILES string of the molecule is CNC1CCC(Cc2cc(-c3ccc(C)nc3)ccc2OC)(C(N)=O)CC1.Cl.Cl. The average molecular weight is 440 g/mol. The maximum Gasteiger partial charge on any atom is 0.223 e. The zero-order valence-electron chi connectivity index (χ0n) is 17.2. The van der Waals surface area contributed by atoms with E-state index in [1.165, 1.54) is 0 Å². The zero-order chi connectivity index (χ0) is 19.4. The molecular weight excluding hydrogens is 409 g/mol. The molecule has 0 aliphatic heterocycles. The highest BCUT2D eigenvalue weighted by Gasteiger charge is 2.40. The molecule has 1 saturated carbocycles. The van der Waals surface area contributed by atoms with Gasteiger partial charge in [0.2, 0.25) is 5.91 Å². The number of nitrogens with two attached hydrogens (primary N) is 1. The summed E-state index contributed by atoms with van der Waals surface area (Å²) in [6.45, 7) is 1.97. The van der Waals surface area contributed by atoms with E-state index in [-0.39, 0.29) is 30.7 Å². The lowest BCUT2D eigenvalue weighted by molar-refractivity contribution is -0.129. The fourth-order valence-corrected chi connectivity index (χ4v) is 4.07. The summed E-state index contributed by atoms with van der Waals surface area (Å²) in [5, 5.41) is 3.32. The molecule has 0 bridgehead atoms. The molecule has 1 amide bonds. The Kier molecular flexibility index (Phi) is 9.40. The molecule has 1 aliphatic carbocycles. The number of methoxy groups -OCH3 is 1. The number of aromatic nitrogens is 1. The van der Waals surface area contributed by atoms with Crippen LogP contribution in [0.4, 0.5) is 0 Å². The molecule has 29 heavy (non-hydrogen) atoms. The molecule has 1 fully saturated rings. The van der Waals surface area contributed by atoms with Crippen molar-refractivity contribution >= 4 is 30.7 Å². The first-order chi connectivity index (χ1) is 13.0. The Bertz CT molecular complexity index is 804. The highest BCUT2D eigenvalue weighted by atomic mass is 35.5. The quantitative estimate of drug-likeness (QED) is 0.710. The van der Waals surface area contributed by atoms with Crippen molar-refractivity contribution < 1.29 is 9.53 Å². The third-order valence-electron chi connectivity index (χ3n) is 5.93. The van der Waals surface area contributed by atoms with Crippen molar-refractivity contribution in [1.82, 2.24) is 10.3 Å². The van der Waals surface area contributed by atoms with Gasteiger partial charge < -0.3 is 15.8 Å². The van der Waals surface area contributed by atoms with Crippen molar-refractivity contribution in [2.75, 3.05) is 14.2 Å². The highest BCUT2D eigenvalue weighted by Crippen LogP contribution is 2.41. The Hall–Kier alpha value is -1.82. The molecule has 0 spiro atoms. The Balaban J connectivity index is 0.00000210. The van der Waals surface area contributed by atoms with Crippen LogP contribution in [0.1, 0.15) is 36.9 Å². The van der Waals surface area contributed by atoms with Gasteiger partial charge in [-0.15, -0.1) is 24.8 Å². The largest absolute Gasteiger partial charge is 0.496 e. The second-order valence-corrected chi connectivity index (χ2v) is 7.60. The molecule has 3 rings (SSSR count). The van der Waals surface area contributed by atoms with Crippen molar-refractivity contribution in [3.05, 3.63) is 47.8 Å². The molecule has 1 heterocycles. The Morgan fingerprint density at radius 2 is 1.86 bits per heavy atom. The summed E-state index contributed by atoms with van der Waals surface area (Å²) in [6, 6.07) is 10.6. The molecule has 7 heteroatoms. The van der Waals surface area contributed by atoms with Crippen LogP contribution in [0.5, 0.6) is 5.75 Å². The Morgan fingerprint density at radius 1 is 1.21 bits per heavy atom. The number of carbonyl (C=O) groups is 1.